The summed E-state index contributed by atoms with van der Waals surface area (Å²) in [6.45, 7) is 1.02. The van der Waals surface area contributed by atoms with Crippen molar-refractivity contribution in [2.24, 2.45) is 0 Å². The van der Waals surface area contributed by atoms with Crippen LogP contribution in [0.4, 0.5) is 0 Å². The molecule has 0 aromatic heterocycles. The van der Waals surface area contributed by atoms with Gasteiger partial charge in [-0.2, -0.15) is 0 Å². The highest BCUT2D eigenvalue weighted by Crippen LogP contribution is 2.38. The molecule has 0 N–H and O–H groups in total. The molecule has 2 aromatic carbocycles. The van der Waals surface area contributed by atoms with E-state index in [4.69, 9.17) is 14.2 Å². The van der Waals surface area contributed by atoms with Gasteiger partial charge in [-0.05, 0) is 48.4 Å². The van der Waals surface area contributed by atoms with Gasteiger partial charge < -0.3 is 14.2 Å². The number of halogens is 1. The van der Waals surface area contributed by atoms with Crippen molar-refractivity contribution < 1.29 is 23.8 Å². The maximum absolute atomic E-state index is 13.0. The molecular formula is C21H23BrN2O5. The number of nitrogens with zero attached hydrogens (tertiary/aromatic N) is 2. The van der Waals surface area contributed by atoms with Gasteiger partial charge in [0.1, 0.15) is 0 Å². The molecule has 2 amide bonds. The average molecular weight is 463 g/mol. The quantitative estimate of drug-likeness (QED) is 0.658. The topological polar surface area (TPSA) is 68.3 Å². The van der Waals surface area contributed by atoms with Gasteiger partial charge in [0.15, 0.2) is 11.5 Å². The standard InChI is InChI=1S/C21H23BrN2O5/c1-27-17-11-14(12-18(28-2)20(17)29-3)13-19(25)23-9-4-10-24(23)21(26)15-5-7-16(22)8-6-15/h5-8,11-12H,4,9-10,13H2,1-3H3. The third-order valence-corrected chi connectivity index (χ3v) is 5.25. The van der Waals surface area contributed by atoms with Gasteiger partial charge in [-0.3, -0.25) is 14.6 Å². The van der Waals surface area contributed by atoms with E-state index in [1.54, 1.807) is 24.3 Å². The van der Waals surface area contributed by atoms with Crippen LogP contribution in [0.2, 0.25) is 0 Å². The number of carbonyl (C=O) groups excluding carboxylic acids is 2. The second-order valence-corrected chi connectivity index (χ2v) is 7.43. The van der Waals surface area contributed by atoms with E-state index in [1.165, 1.54) is 31.3 Å². The van der Waals surface area contributed by atoms with Crippen molar-refractivity contribution in [3.8, 4) is 17.2 Å². The smallest absolute Gasteiger partial charge is 0.272 e. The van der Waals surface area contributed by atoms with Crippen LogP contribution in [0, 0.1) is 0 Å². The third-order valence-electron chi connectivity index (χ3n) is 4.72. The number of methoxy groups -OCH3 is 3. The first-order valence-corrected chi connectivity index (χ1v) is 9.94. The molecule has 1 aliphatic heterocycles. The Morgan fingerprint density at radius 2 is 1.52 bits per heavy atom. The molecular weight excluding hydrogens is 440 g/mol. The zero-order chi connectivity index (χ0) is 21.0. The van der Waals surface area contributed by atoms with Crippen LogP contribution in [0.3, 0.4) is 0 Å². The minimum Gasteiger partial charge on any atom is -0.493 e. The monoisotopic (exact) mass is 462 g/mol. The third kappa shape index (κ3) is 4.48. The molecule has 7 nitrogen and oxygen atoms in total. The Morgan fingerprint density at radius 3 is 2.07 bits per heavy atom. The van der Waals surface area contributed by atoms with Crippen molar-refractivity contribution in [1.29, 1.82) is 0 Å². The lowest BCUT2D eigenvalue weighted by atomic mass is 10.1. The zero-order valence-corrected chi connectivity index (χ0v) is 18.2. The maximum Gasteiger partial charge on any atom is 0.272 e. The number of hydrogen-bond acceptors (Lipinski definition) is 5. The Hall–Kier alpha value is -2.74. The molecule has 8 heteroatoms. The normalized spacial score (nSPS) is 13.4. The van der Waals surface area contributed by atoms with E-state index in [0.717, 1.165) is 10.9 Å². The van der Waals surface area contributed by atoms with Gasteiger partial charge in [0, 0.05) is 23.1 Å². The number of hydrogen-bond donors (Lipinski definition) is 0. The number of carbonyl (C=O) groups is 2. The van der Waals surface area contributed by atoms with Crippen LogP contribution in [-0.2, 0) is 11.2 Å². The highest BCUT2D eigenvalue weighted by Gasteiger charge is 2.31. The van der Waals surface area contributed by atoms with Crippen LogP contribution < -0.4 is 14.2 Å². The second-order valence-electron chi connectivity index (χ2n) is 6.52. The lowest BCUT2D eigenvalue weighted by Gasteiger charge is -2.28. The Morgan fingerprint density at radius 1 is 0.931 bits per heavy atom. The van der Waals surface area contributed by atoms with Crippen molar-refractivity contribution >= 4 is 27.7 Å². The van der Waals surface area contributed by atoms with Crippen molar-refractivity contribution in [1.82, 2.24) is 10.0 Å². The Labute approximate surface area is 178 Å². The number of amides is 2. The first kappa shape index (κ1) is 21.0. The maximum atomic E-state index is 13.0. The van der Waals surface area contributed by atoms with E-state index >= 15 is 0 Å². The van der Waals surface area contributed by atoms with Crippen molar-refractivity contribution in [3.05, 3.63) is 52.0 Å². The lowest BCUT2D eigenvalue weighted by Crippen LogP contribution is -2.45. The van der Waals surface area contributed by atoms with E-state index in [2.05, 4.69) is 15.9 Å². The van der Waals surface area contributed by atoms with Gasteiger partial charge in [-0.1, -0.05) is 15.9 Å². The van der Waals surface area contributed by atoms with Crippen LogP contribution in [-0.4, -0.2) is 56.3 Å². The molecule has 0 spiro atoms. The van der Waals surface area contributed by atoms with E-state index in [1.807, 2.05) is 12.1 Å². The van der Waals surface area contributed by atoms with Gasteiger partial charge in [-0.15, -0.1) is 0 Å². The Kier molecular flexibility index (Phi) is 6.64. The highest BCUT2D eigenvalue weighted by molar-refractivity contribution is 9.10. The zero-order valence-electron chi connectivity index (χ0n) is 16.6. The molecule has 0 atom stereocenters. The first-order valence-electron chi connectivity index (χ1n) is 9.15. The molecule has 0 aliphatic carbocycles. The number of hydrazine groups is 1. The molecule has 0 unspecified atom stereocenters. The van der Waals surface area contributed by atoms with Crippen LogP contribution in [0.1, 0.15) is 22.3 Å². The fraction of sp³-hybridized carbons (Fsp3) is 0.333. The summed E-state index contributed by atoms with van der Waals surface area (Å²) < 4.78 is 16.9. The van der Waals surface area contributed by atoms with Gasteiger partial charge in [0.2, 0.25) is 11.7 Å². The predicted octanol–water partition coefficient (Wildman–Crippen LogP) is 3.31. The van der Waals surface area contributed by atoms with Gasteiger partial charge in [0.25, 0.3) is 5.91 Å². The number of ether oxygens (including phenoxy) is 3. The molecule has 2 aromatic rings. The SMILES string of the molecule is COc1cc(CC(=O)N2CCCN2C(=O)c2ccc(Br)cc2)cc(OC)c1OC. The molecule has 1 fully saturated rings. The van der Waals surface area contributed by atoms with E-state index in [0.29, 0.717) is 41.5 Å². The fourth-order valence-corrected chi connectivity index (χ4v) is 3.59. The van der Waals surface area contributed by atoms with Crippen molar-refractivity contribution in [3.63, 3.8) is 0 Å². The summed E-state index contributed by atoms with van der Waals surface area (Å²) in [5, 5.41) is 3.04. The molecule has 0 bridgehead atoms. The summed E-state index contributed by atoms with van der Waals surface area (Å²) in [6.07, 6.45) is 0.851. The van der Waals surface area contributed by atoms with E-state index < -0.39 is 0 Å². The summed E-state index contributed by atoms with van der Waals surface area (Å²) in [6, 6.07) is 10.6. The molecule has 0 radical (unpaired) electrons. The molecule has 29 heavy (non-hydrogen) atoms. The van der Waals surface area contributed by atoms with E-state index in [-0.39, 0.29) is 18.2 Å². The lowest BCUT2D eigenvalue weighted by molar-refractivity contribution is -0.139. The first-order chi connectivity index (χ1) is 14.0. The van der Waals surface area contributed by atoms with Crippen LogP contribution in [0.15, 0.2) is 40.9 Å². The molecule has 1 heterocycles. The summed E-state index contributed by atoms with van der Waals surface area (Å²) in [7, 11) is 4.59. The average Bonchev–Trinajstić information content (AvgIpc) is 3.23. The van der Waals surface area contributed by atoms with Gasteiger partial charge in [0.05, 0.1) is 27.8 Å². The van der Waals surface area contributed by atoms with Crippen molar-refractivity contribution in [2.45, 2.75) is 12.8 Å². The summed E-state index contributed by atoms with van der Waals surface area (Å²) in [4.78, 5) is 25.9. The molecule has 1 saturated heterocycles. The second kappa shape index (κ2) is 9.17. The molecule has 1 aliphatic rings. The van der Waals surface area contributed by atoms with Crippen LogP contribution in [0.5, 0.6) is 17.2 Å². The predicted molar refractivity (Wildman–Crippen MR) is 111 cm³/mol. The van der Waals surface area contributed by atoms with Crippen LogP contribution >= 0.6 is 15.9 Å². The summed E-state index contributed by atoms with van der Waals surface area (Å²) >= 11 is 3.37. The highest BCUT2D eigenvalue weighted by atomic mass is 79.9. The van der Waals surface area contributed by atoms with Crippen LogP contribution in [0.25, 0.3) is 0 Å². The number of rotatable bonds is 6. The summed E-state index contributed by atoms with van der Waals surface area (Å²) in [5.74, 6) is 1.09. The van der Waals surface area contributed by atoms with E-state index in [9.17, 15) is 9.59 Å². The molecule has 3 rings (SSSR count). The minimum absolute atomic E-state index is 0.112. The van der Waals surface area contributed by atoms with Gasteiger partial charge in [-0.25, -0.2) is 5.01 Å². The van der Waals surface area contributed by atoms with Gasteiger partial charge >= 0.3 is 0 Å². The molecule has 154 valence electrons. The molecule has 0 saturated carbocycles. The summed E-state index contributed by atoms with van der Waals surface area (Å²) in [5.41, 5.74) is 1.26. The number of benzene rings is 2. The minimum atomic E-state index is -0.187. The fourth-order valence-electron chi connectivity index (χ4n) is 3.33. The van der Waals surface area contributed by atoms with Crippen molar-refractivity contribution in [2.75, 3.05) is 34.4 Å². The Balaban J connectivity index is 1.79. The Bertz CT molecular complexity index is 875. The largest absolute Gasteiger partial charge is 0.493 e.